The molecule has 2 heterocycles. The van der Waals surface area contributed by atoms with Gasteiger partial charge in [0.25, 0.3) is 5.91 Å². The third kappa shape index (κ3) is 5.61. The predicted octanol–water partition coefficient (Wildman–Crippen LogP) is 2.00. The number of nitrogens with one attached hydrogen (secondary N) is 4. The van der Waals surface area contributed by atoms with E-state index in [9.17, 15) is 14.0 Å². The lowest BCUT2D eigenvalue weighted by Crippen LogP contribution is -2.30. The van der Waals surface area contributed by atoms with Crippen molar-refractivity contribution in [2.75, 3.05) is 12.4 Å². The number of aldehydes is 1. The Balaban J connectivity index is 0.000000269. The molecular formula is C17H18FN5O2. The van der Waals surface area contributed by atoms with Crippen molar-refractivity contribution in [3.63, 3.8) is 0 Å². The van der Waals surface area contributed by atoms with Gasteiger partial charge in [-0.3, -0.25) is 15.0 Å². The number of amides is 1. The van der Waals surface area contributed by atoms with Crippen molar-refractivity contribution >= 4 is 23.6 Å². The smallest absolute Gasteiger partial charge is 0.272 e. The van der Waals surface area contributed by atoms with Crippen LogP contribution in [0.1, 0.15) is 16.8 Å². The number of carbonyl (C=O) groups excluding carboxylic acids is 2. The summed E-state index contributed by atoms with van der Waals surface area (Å²) in [5.41, 5.74) is 5.12. The van der Waals surface area contributed by atoms with Gasteiger partial charge in [-0.1, -0.05) is 0 Å². The van der Waals surface area contributed by atoms with Gasteiger partial charge in [-0.25, -0.2) is 4.39 Å². The number of halogens is 1. The minimum atomic E-state index is -0.343. The van der Waals surface area contributed by atoms with E-state index in [1.54, 1.807) is 31.7 Å². The number of nitrogens with zero attached hydrogens (tertiary/aromatic N) is 1. The van der Waals surface area contributed by atoms with Gasteiger partial charge >= 0.3 is 0 Å². The summed E-state index contributed by atoms with van der Waals surface area (Å²) in [5, 5.41) is 9.51. The predicted molar refractivity (Wildman–Crippen MR) is 93.5 cm³/mol. The van der Waals surface area contributed by atoms with Gasteiger partial charge in [0.2, 0.25) is 0 Å². The number of aromatic amines is 1. The quantitative estimate of drug-likeness (QED) is 0.638. The summed E-state index contributed by atoms with van der Waals surface area (Å²) in [7, 11) is 1.77. The van der Waals surface area contributed by atoms with Crippen LogP contribution in [0.4, 0.5) is 10.1 Å². The van der Waals surface area contributed by atoms with Crippen molar-refractivity contribution in [1.82, 2.24) is 15.7 Å². The Morgan fingerprint density at radius 3 is 2.60 bits per heavy atom. The number of carbonyl (C=O) groups is 2. The maximum atomic E-state index is 12.7. The first-order valence-electron chi connectivity index (χ1n) is 7.46. The van der Waals surface area contributed by atoms with Gasteiger partial charge in [0.05, 0.1) is 0 Å². The molecule has 0 atom stereocenters. The second-order valence-corrected chi connectivity index (χ2v) is 5.01. The van der Waals surface area contributed by atoms with Crippen LogP contribution in [0.5, 0.6) is 0 Å². The molecular weight excluding hydrogens is 325 g/mol. The van der Waals surface area contributed by atoms with E-state index in [1.807, 2.05) is 0 Å². The lowest BCUT2D eigenvalue weighted by Gasteiger charge is -2.14. The summed E-state index contributed by atoms with van der Waals surface area (Å²) in [6, 6.07) is 7.29. The zero-order valence-electron chi connectivity index (χ0n) is 13.5. The molecule has 0 aliphatic carbocycles. The highest BCUT2D eigenvalue weighted by Gasteiger charge is 2.16. The molecule has 0 saturated carbocycles. The van der Waals surface area contributed by atoms with Gasteiger partial charge in [-0.2, -0.15) is 5.10 Å². The van der Waals surface area contributed by atoms with Crippen LogP contribution in [-0.4, -0.2) is 29.9 Å². The van der Waals surface area contributed by atoms with Crippen LogP contribution in [0.25, 0.3) is 0 Å². The number of allylic oxidation sites excluding steroid dienone is 1. The SMILES string of the molecule is CNC1=CNN=C(C(=O)Nc2ccc(F)cc2)C1.O=Cc1cc[nH]c1. The molecule has 1 aliphatic heterocycles. The van der Waals surface area contributed by atoms with E-state index in [1.165, 1.54) is 24.3 Å². The maximum Gasteiger partial charge on any atom is 0.272 e. The molecule has 1 aromatic carbocycles. The summed E-state index contributed by atoms with van der Waals surface area (Å²) >= 11 is 0. The van der Waals surface area contributed by atoms with E-state index in [0.717, 1.165) is 12.0 Å². The topological polar surface area (TPSA) is 98.4 Å². The average Bonchev–Trinajstić information content (AvgIpc) is 3.18. The lowest BCUT2D eigenvalue weighted by atomic mass is 10.2. The Hall–Kier alpha value is -3.42. The van der Waals surface area contributed by atoms with Crippen LogP contribution in [0.2, 0.25) is 0 Å². The minimum absolute atomic E-state index is 0.310. The molecule has 1 aromatic heterocycles. The van der Waals surface area contributed by atoms with Crippen molar-refractivity contribution in [2.45, 2.75) is 6.42 Å². The van der Waals surface area contributed by atoms with Crippen LogP contribution in [0, 0.1) is 5.82 Å². The van der Waals surface area contributed by atoms with Gasteiger partial charge in [0, 0.05) is 49.0 Å². The minimum Gasteiger partial charge on any atom is -0.390 e. The van der Waals surface area contributed by atoms with Crippen LogP contribution in [0.15, 0.2) is 59.7 Å². The summed E-state index contributed by atoms with van der Waals surface area (Å²) in [6.07, 6.45) is 6.28. The third-order valence-electron chi connectivity index (χ3n) is 3.24. The van der Waals surface area contributed by atoms with E-state index in [0.29, 0.717) is 23.4 Å². The number of anilines is 1. The monoisotopic (exact) mass is 343 g/mol. The number of hydrogen-bond acceptors (Lipinski definition) is 5. The standard InChI is InChI=1S/C12H13FN4O.C5H5NO/c1-14-10-6-11(17-15-7-10)12(18)16-9-4-2-8(13)3-5-9;7-4-5-1-2-6-3-5/h2-5,7,14-15H,6H2,1H3,(H,16,18);1-4,6H. The van der Waals surface area contributed by atoms with Gasteiger partial charge in [0.1, 0.15) is 11.5 Å². The molecule has 0 radical (unpaired) electrons. The number of benzene rings is 1. The largest absolute Gasteiger partial charge is 0.390 e. The van der Waals surface area contributed by atoms with Crippen molar-refractivity contribution in [2.24, 2.45) is 5.10 Å². The molecule has 7 nitrogen and oxygen atoms in total. The Bertz CT molecular complexity index is 767. The van der Waals surface area contributed by atoms with Gasteiger partial charge in [-0.15, -0.1) is 0 Å². The first-order valence-corrected chi connectivity index (χ1v) is 7.46. The first kappa shape index (κ1) is 17.9. The maximum absolute atomic E-state index is 12.7. The Morgan fingerprint density at radius 1 is 1.28 bits per heavy atom. The van der Waals surface area contributed by atoms with E-state index in [2.05, 4.69) is 26.1 Å². The van der Waals surface area contributed by atoms with Crippen molar-refractivity contribution in [3.8, 4) is 0 Å². The highest BCUT2D eigenvalue weighted by atomic mass is 19.1. The van der Waals surface area contributed by atoms with Gasteiger partial charge in [-0.05, 0) is 30.3 Å². The molecule has 0 bridgehead atoms. The van der Waals surface area contributed by atoms with Crippen molar-refractivity contribution in [1.29, 1.82) is 0 Å². The molecule has 4 N–H and O–H groups in total. The Labute approximate surface area is 144 Å². The zero-order chi connectivity index (χ0) is 18.1. The Kier molecular flexibility index (Phi) is 6.47. The molecule has 0 spiro atoms. The van der Waals surface area contributed by atoms with Crippen LogP contribution >= 0.6 is 0 Å². The molecule has 2 aromatic rings. The molecule has 1 aliphatic rings. The van der Waals surface area contributed by atoms with E-state index in [-0.39, 0.29) is 11.7 Å². The average molecular weight is 343 g/mol. The Morgan fingerprint density at radius 2 is 2.04 bits per heavy atom. The molecule has 3 rings (SSSR count). The highest BCUT2D eigenvalue weighted by Crippen LogP contribution is 2.10. The second-order valence-electron chi connectivity index (χ2n) is 5.01. The lowest BCUT2D eigenvalue weighted by molar-refractivity contribution is -0.110. The first-order chi connectivity index (χ1) is 12.1. The van der Waals surface area contributed by atoms with Crippen LogP contribution < -0.4 is 16.1 Å². The summed E-state index contributed by atoms with van der Waals surface area (Å²) in [6.45, 7) is 0. The number of aromatic nitrogens is 1. The number of H-pyrrole nitrogens is 1. The molecule has 8 heteroatoms. The van der Waals surface area contributed by atoms with Crippen LogP contribution in [-0.2, 0) is 4.79 Å². The highest BCUT2D eigenvalue weighted by molar-refractivity contribution is 6.43. The normalized spacial score (nSPS) is 12.6. The van der Waals surface area contributed by atoms with E-state index >= 15 is 0 Å². The fraction of sp³-hybridized carbons (Fsp3) is 0.118. The van der Waals surface area contributed by atoms with Crippen molar-refractivity contribution in [3.05, 3.63) is 66.0 Å². The molecule has 130 valence electrons. The summed E-state index contributed by atoms with van der Waals surface area (Å²) < 4.78 is 12.7. The summed E-state index contributed by atoms with van der Waals surface area (Å²) in [5.74, 6) is -0.653. The third-order valence-corrected chi connectivity index (χ3v) is 3.24. The summed E-state index contributed by atoms with van der Waals surface area (Å²) in [4.78, 5) is 24.5. The number of hydrogen-bond donors (Lipinski definition) is 4. The number of hydrazone groups is 1. The molecule has 1 amide bonds. The fourth-order valence-electron chi connectivity index (χ4n) is 1.90. The van der Waals surface area contributed by atoms with Gasteiger partial charge < -0.3 is 15.6 Å². The molecule has 0 saturated heterocycles. The number of rotatable bonds is 4. The second kappa shape index (κ2) is 9.02. The van der Waals surface area contributed by atoms with E-state index < -0.39 is 0 Å². The van der Waals surface area contributed by atoms with E-state index in [4.69, 9.17) is 0 Å². The molecule has 0 fully saturated rings. The van der Waals surface area contributed by atoms with Crippen molar-refractivity contribution < 1.29 is 14.0 Å². The zero-order valence-corrected chi connectivity index (χ0v) is 13.5. The fourth-order valence-corrected chi connectivity index (χ4v) is 1.90. The van der Waals surface area contributed by atoms with Gasteiger partial charge in [0.15, 0.2) is 6.29 Å². The molecule has 0 unspecified atom stereocenters. The van der Waals surface area contributed by atoms with Crippen LogP contribution in [0.3, 0.4) is 0 Å². The molecule has 25 heavy (non-hydrogen) atoms.